The van der Waals surface area contributed by atoms with Crippen molar-refractivity contribution >= 4 is 8.60 Å². The van der Waals surface area contributed by atoms with Gasteiger partial charge in [0.25, 0.3) is 5.56 Å². The molecule has 3 heterocycles. The molecule has 0 spiro atoms. The van der Waals surface area contributed by atoms with Gasteiger partial charge in [0.1, 0.15) is 17.8 Å². The topological polar surface area (TPSA) is 91.8 Å². The van der Waals surface area contributed by atoms with Crippen LogP contribution < -0.4 is 15.8 Å². The van der Waals surface area contributed by atoms with E-state index in [9.17, 15) is 9.59 Å². The SMILES string of the molecule is CC(C)(C)c1cc(C(C)(C)C)c2c(c1F)COP(OCC1CCC(n3ccc(=O)[nH]c3=O)O1)O2. The van der Waals surface area contributed by atoms with Crippen molar-refractivity contribution in [1.29, 1.82) is 0 Å². The van der Waals surface area contributed by atoms with Gasteiger partial charge in [0.05, 0.1) is 24.9 Å². The lowest BCUT2D eigenvalue weighted by atomic mass is 9.78. The summed E-state index contributed by atoms with van der Waals surface area (Å²) < 4.78 is 40.4. The number of ether oxygens (including phenoxy) is 1. The van der Waals surface area contributed by atoms with Crippen molar-refractivity contribution in [3.63, 3.8) is 0 Å². The Hall–Kier alpha value is -2.06. The zero-order valence-electron chi connectivity index (χ0n) is 20.4. The number of fused-ring (bicyclic) bond motifs is 1. The molecule has 0 aliphatic carbocycles. The number of rotatable bonds is 4. The lowest BCUT2D eigenvalue weighted by molar-refractivity contribution is -0.0230. The maximum atomic E-state index is 15.4. The summed E-state index contributed by atoms with van der Waals surface area (Å²) in [5, 5.41) is 0. The highest BCUT2D eigenvalue weighted by atomic mass is 31.2. The summed E-state index contributed by atoms with van der Waals surface area (Å²) in [6, 6.07) is 3.19. The van der Waals surface area contributed by atoms with Gasteiger partial charge in [0.15, 0.2) is 0 Å². The third kappa shape index (κ3) is 5.13. The standard InChI is InChI=1S/C24H32FN2O6P/c1-23(2,3)16-11-17(24(4,5)6)21-15(20(16)25)13-31-34(33-21)30-12-14-7-8-19(32-14)27-10-9-18(28)26-22(27)29/h9-11,14,19H,7-8,12-13H2,1-6H3,(H,26,28,29). The normalized spacial score (nSPS) is 23.0. The van der Waals surface area contributed by atoms with Crippen LogP contribution in [0.15, 0.2) is 27.9 Å². The number of aromatic nitrogens is 2. The van der Waals surface area contributed by atoms with Gasteiger partial charge < -0.3 is 9.26 Å². The summed E-state index contributed by atoms with van der Waals surface area (Å²) in [5.41, 5.74) is 0.402. The van der Waals surface area contributed by atoms with E-state index in [0.717, 1.165) is 5.56 Å². The first kappa shape index (κ1) is 25.0. The first-order chi connectivity index (χ1) is 15.8. The molecule has 2 aliphatic heterocycles. The van der Waals surface area contributed by atoms with E-state index < -0.39 is 26.1 Å². The maximum absolute atomic E-state index is 15.4. The third-order valence-corrected chi connectivity index (χ3v) is 7.05. The van der Waals surface area contributed by atoms with Crippen molar-refractivity contribution < 1.29 is 22.7 Å². The van der Waals surface area contributed by atoms with Crippen LogP contribution in [0.2, 0.25) is 0 Å². The second-order valence-electron chi connectivity index (χ2n) is 10.8. The summed E-state index contributed by atoms with van der Waals surface area (Å²) in [7, 11) is -1.73. The first-order valence-electron chi connectivity index (χ1n) is 11.4. The van der Waals surface area contributed by atoms with E-state index in [1.165, 1.54) is 16.8 Å². The molecule has 10 heteroatoms. The molecule has 3 atom stereocenters. The molecule has 186 valence electrons. The van der Waals surface area contributed by atoms with E-state index in [1.807, 2.05) is 26.8 Å². The fourth-order valence-corrected chi connectivity index (χ4v) is 5.19. The van der Waals surface area contributed by atoms with E-state index >= 15 is 4.39 Å². The maximum Gasteiger partial charge on any atom is 0.397 e. The number of halogens is 1. The Morgan fingerprint density at radius 2 is 1.85 bits per heavy atom. The summed E-state index contributed by atoms with van der Waals surface area (Å²) in [6.45, 7) is 12.5. The van der Waals surface area contributed by atoms with Gasteiger partial charge in [-0.2, -0.15) is 0 Å². The summed E-state index contributed by atoms with van der Waals surface area (Å²) in [5.74, 6) is 0.207. The van der Waals surface area contributed by atoms with E-state index in [1.54, 1.807) is 0 Å². The zero-order chi connectivity index (χ0) is 24.8. The lowest BCUT2D eigenvalue weighted by Gasteiger charge is -2.33. The highest BCUT2D eigenvalue weighted by Crippen LogP contribution is 2.52. The predicted molar refractivity (Wildman–Crippen MR) is 127 cm³/mol. The van der Waals surface area contributed by atoms with E-state index in [-0.39, 0.29) is 36.0 Å². The Morgan fingerprint density at radius 3 is 2.50 bits per heavy atom. The molecule has 1 saturated heterocycles. The average molecular weight is 495 g/mol. The Kier molecular flexibility index (Phi) is 6.77. The zero-order valence-corrected chi connectivity index (χ0v) is 21.3. The molecule has 0 saturated carbocycles. The van der Waals surface area contributed by atoms with Crippen LogP contribution in [0, 0.1) is 5.82 Å². The van der Waals surface area contributed by atoms with Crippen LogP contribution >= 0.6 is 8.60 Å². The summed E-state index contributed by atoms with van der Waals surface area (Å²) in [6.07, 6.45) is 1.97. The van der Waals surface area contributed by atoms with E-state index in [4.69, 9.17) is 18.3 Å². The molecule has 0 bridgehead atoms. The van der Waals surface area contributed by atoms with Crippen molar-refractivity contribution in [3.05, 3.63) is 61.7 Å². The number of hydrogen-bond donors (Lipinski definition) is 1. The molecule has 2 aromatic rings. The molecule has 3 unspecified atom stereocenters. The van der Waals surface area contributed by atoms with Crippen molar-refractivity contribution in [3.8, 4) is 5.75 Å². The third-order valence-electron chi connectivity index (χ3n) is 6.02. The number of H-pyrrole nitrogens is 1. The van der Waals surface area contributed by atoms with Gasteiger partial charge in [-0.3, -0.25) is 23.4 Å². The highest BCUT2D eigenvalue weighted by Gasteiger charge is 2.36. The minimum atomic E-state index is -1.73. The van der Waals surface area contributed by atoms with Crippen LogP contribution in [0.4, 0.5) is 4.39 Å². The van der Waals surface area contributed by atoms with E-state index in [2.05, 4.69) is 25.8 Å². The van der Waals surface area contributed by atoms with Gasteiger partial charge in [0.2, 0.25) is 0 Å². The van der Waals surface area contributed by atoms with Crippen molar-refractivity contribution in [2.24, 2.45) is 0 Å². The smallest absolute Gasteiger partial charge is 0.397 e. The van der Waals surface area contributed by atoms with Crippen LogP contribution in [0.25, 0.3) is 0 Å². The van der Waals surface area contributed by atoms with Gasteiger partial charge in [-0.05, 0) is 35.3 Å². The molecule has 1 N–H and O–H groups in total. The number of nitrogens with zero attached hydrogens (tertiary/aromatic N) is 1. The Labute approximate surface area is 199 Å². The van der Waals surface area contributed by atoms with Crippen LogP contribution in [0.1, 0.15) is 77.3 Å². The second kappa shape index (κ2) is 9.19. The predicted octanol–water partition coefficient (Wildman–Crippen LogP) is 4.80. The Bertz CT molecular complexity index is 1180. The number of hydrogen-bond acceptors (Lipinski definition) is 6. The van der Waals surface area contributed by atoms with Crippen molar-refractivity contribution in [2.45, 2.75) is 84.2 Å². The molecule has 34 heavy (non-hydrogen) atoms. The monoisotopic (exact) mass is 494 g/mol. The van der Waals surface area contributed by atoms with Crippen LogP contribution in [0.3, 0.4) is 0 Å². The largest absolute Gasteiger partial charge is 0.426 e. The average Bonchev–Trinajstić information content (AvgIpc) is 3.19. The van der Waals surface area contributed by atoms with Gasteiger partial charge in [-0.1, -0.05) is 41.5 Å². The summed E-state index contributed by atoms with van der Waals surface area (Å²) >= 11 is 0. The molecule has 2 aliphatic rings. The molecule has 0 amide bonds. The van der Waals surface area contributed by atoms with Gasteiger partial charge in [-0.25, -0.2) is 9.18 Å². The minimum absolute atomic E-state index is 0.0702. The molecule has 8 nitrogen and oxygen atoms in total. The number of nitrogens with one attached hydrogen (secondary N) is 1. The summed E-state index contributed by atoms with van der Waals surface area (Å²) in [4.78, 5) is 25.5. The highest BCUT2D eigenvalue weighted by molar-refractivity contribution is 7.42. The molecule has 1 aromatic heterocycles. The molecule has 1 fully saturated rings. The van der Waals surface area contributed by atoms with Crippen LogP contribution in [-0.2, 0) is 31.2 Å². The van der Waals surface area contributed by atoms with Gasteiger partial charge >= 0.3 is 14.3 Å². The van der Waals surface area contributed by atoms with Gasteiger partial charge in [0, 0.05) is 17.8 Å². The number of aromatic amines is 1. The van der Waals surface area contributed by atoms with E-state index in [0.29, 0.717) is 29.7 Å². The second-order valence-corrected chi connectivity index (χ2v) is 11.9. The lowest BCUT2D eigenvalue weighted by Crippen LogP contribution is -2.31. The molecular formula is C24H32FN2O6P. The number of benzene rings is 1. The quantitative estimate of drug-likeness (QED) is 0.614. The van der Waals surface area contributed by atoms with Crippen molar-refractivity contribution in [2.75, 3.05) is 6.61 Å². The molecule has 1 aromatic carbocycles. The molecule has 4 rings (SSSR count). The minimum Gasteiger partial charge on any atom is -0.426 e. The molecular weight excluding hydrogens is 462 g/mol. The Morgan fingerprint density at radius 1 is 1.15 bits per heavy atom. The van der Waals surface area contributed by atoms with Crippen LogP contribution in [-0.4, -0.2) is 22.3 Å². The fraction of sp³-hybridized carbons (Fsp3) is 0.583. The molecule has 0 radical (unpaired) electrons. The Balaban J connectivity index is 1.46. The van der Waals surface area contributed by atoms with Gasteiger partial charge in [-0.15, -0.1) is 0 Å². The van der Waals surface area contributed by atoms with Crippen molar-refractivity contribution in [1.82, 2.24) is 9.55 Å². The first-order valence-corrected chi connectivity index (χ1v) is 12.5. The fourth-order valence-electron chi connectivity index (χ4n) is 4.13. The van der Waals surface area contributed by atoms with Crippen LogP contribution in [0.5, 0.6) is 5.75 Å².